The Bertz CT molecular complexity index is 649. The van der Waals surface area contributed by atoms with Gasteiger partial charge >= 0.3 is 155 Å². The normalized spacial score (nSPS) is 27.8. The van der Waals surface area contributed by atoms with Crippen molar-refractivity contribution in [1.82, 2.24) is 0 Å². The Labute approximate surface area is 179 Å². The van der Waals surface area contributed by atoms with E-state index in [1.807, 2.05) is 28.1 Å². The van der Waals surface area contributed by atoms with Gasteiger partial charge in [-0.05, 0) is 0 Å². The maximum Gasteiger partial charge on any atom is -1.00 e. The van der Waals surface area contributed by atoms with E-state index in [0.717, 1.165) is 0 Å². The van der Waals surface area contributed by atoms with E-state index >= 15 is 0 Å². The van der Waals surface area contributed by atoms with Crippen molar-refractivity contribution in [3.05, 3.63) is 40.3 Å². The van der Waals surface area contributed by atoms with Crippen molar-refractivity contribution in [3.8, 4) is 0 Å². The van der Waals surface area contributed by atoms with E-state index in [1.54, 1.807) is 24.2 Å². The second kappa shape index (κ2) is 7.36. The number of hydrogen-bond donors (Lipinski definition) is 0. The van der Waals surface area contributed by atoms with Gasteiger partial charge < -0.3 is 24.8 Å². The summed E-state index contributed by atoms with van der Waals surface area (Å²) in [5.74, 6) is 0. The first-order valence-corrected chi connectivity index (χ1v) is 18.0. The SMILES string of the molecule is C[Si]1(C2=CC[C]3=C2CCC2=[C](CC=C2[Si]2(C)CCC2)[Zr+2]3)CCC1.[Cl-].[Cl-]. The molecular weight excluding hydrogens is 459 g/mol. The first kappa shape index (κ1) is 20.6. The van der Waals surface area contributed by atoms with Crippen LogP contribution in [0.25, 0.3) is 0 Å². The molecule has 2 saturated heterocycles. The van der Waals surface area contributed by atoms with E-state index < -0.39 is 39.4 Å². The van der Waals surface area contributed by atoms with Crippen molar-refractivity contribution in [2.24, 2.45) is 0 Å². The van der Waals surface area contributed by atoms with Crippen LogP contribution in [0.1, 0.15) is 38.5 Å². The van der Waals surface area contributed by atoms with Gasteiger partial charge in [0.15, 0.2) is 0 Å². The molecule has 0 unspecified atom stereocenters. The summed E-state index contributed by atoms with van der Waals surface area (Å²) >= 11 is -0.440. The fraction of sp³-hybridized carbons (Fsp3) is 0.600. The van der Waals surface area contributed by atoms with Crippen molar-refractivity contribution in [1.29, 1.82) is 0 Å². The number of hydrogen-bond acceptors (Lipinski definition) is 0. The van der Waals surface area contributed by atoms with Crippen molar-refractivity contribution < 1.29 is 48.0 Å². The summed E-state index contributed by atoms with van der Waals surface area (Å²) in [6, 6.07) is 6.35. The molecule has 0 saturated carbocycles. The van der Waals surface area contributed by atoms with Crippen LogP contribution in [0.15, 0.2) is 40.3 Å². The summed E-state index contributed by atoms with van der Waals surface area (Å²) in [4.78, 5) is 0. The molecule has 3 aliphatic heterocycles. The second-order valence-electron chi connectivity index (χ2n) is 9.01. The van der Waals surface area contributed by atoms with Gasteiger partial charge in [-0.25, -0.2) is 0 Å². The average Bonchev–Trinajstić information content (AvgIpc) is 3.02. The Morgan fingerprint density at radius 1 is 0.720 bits per heavy atom. The zero-order valence-corrected chi connectivity index (χ0v) is 21.5. The molecule has 0 spiro atoms. The predicted octanol–water partition coefficient (Wildman–Crippen LogP) is 0.0821. The van der Waals surface area contributed by atoms with Gasteiger partial charge in [0.2, 0.25) is 0 Å². The van der Waals surface area contributed by atoms with Crippen LogP contribution < -0.4 is 24.8 Å². The molecule has 2 aliphatic carbocycles. The molecule has 0 aromatic rings. The largest absolute Gasteiger partial charge is 1.00 e. The first-order valence-electron chi connectivity index (χ1n) is 9.72. The predicted molar refractivity (Wildman–Crippen MR) is 100 cm³/mol. The molecule has 0 radical (unpaired) electrons. The van der Waals surface area contributed by atoms with E-state index in [2.05, 4.69) is 25.2 Å². The van der Waals surface area contributed by atoms with Crippen LogP contribution in [0.5, 0.6) is 0 Å². The van der Waals surface area contributed by atoms with E-state index in [9.17, 15) is 0 Å². The Kier molecular flexibility index (Phi) is 6.06. The summed E-state index contributed by atoms with van der Waals surface area (Å²) < 4.78 is 4.01. The zero-order valence-electron chi connectivity index (χ0n) is 15.5. The van der Waals surface area contributed by atoms with Crippen molar-refractivity contribution in [2.45, 2.75) is 75.8 Å². The maximum atomic E-state index is 2.72. The van der Waals surface area contributed by atoms with Gasteiger partial charge in [-0.2, -0.15) is 0 Å². The Balaban J connectivity index is 0.000000911. The molecule has 5 heteroatoms. The van der Waals surface area contributed by atoms with Crippen LogP contribution in [0.4, 0.5) is 0 Å². The minimum absolute atomic E-state index is 0. The fourth-order valence-electron chi connectivity index (χ4n) is 5.66. The zero-order chi connectivity index (χ0) is 15.7. The summed E-state index contributed by atoms with van der Waals surface area (Å²) in [6.45, 7) is 5.37. The molecule has 0 aromatic carbocycles. The molecule has 2 fully saturated rings. The van der Waals surface area contributed by atoms with Gasteiger partial charge in [0.05, 0.1) is 0 Å². The van der Waals surface area contributed by atoms with Crippen LogP contribution in [0.2, 0.25) is 37.3 Å². The summed E-state index contributed by atoms with van der Waals surface area (Å²) in [5, 5.41) is 3.91. The number of rotatable bonds is 2. The van der Waals surface area contributed by atoms with Crippen molar-refractivity contribution >= 4 is 16.1 Å². The van der Waals surface area contributed by atoms with E-state index in [4.69, 9.17) is 0 Å². The van der Waals surface area contributed by atoms with Crippen molar-refractivity contribution in [2.75, 3.05) is 0 Å². The van der Waals surface area contributed by atoms with Crippen LogP contribution in [0, 0.1) is 0 Å². The van der Waals surface area contributed by atoms with Gasteiger partial charge in [0, 0.05) is 0 Å². The summed E-state index contributed by atoms with van der Waals surface area (Å²) in [6.07, 6.45) is 14.1. The van der Waals surface area contributed by atoms with Crippen LogP contribution >= 0.6 is 0 Å². The molecule has 0 aromatic heterocycles. The van der Waals surface area contributed by atoms with E-state index in [1.165, 1.54) is 38.5 Å². The molecule has 5 aliphatic rings. The molecule has 134 valence electrons. The Hall–Kier alpha value is 0.857. The molecule has 0 atom stereocenters. The standard InChI is InChI=1S/C20H28Si2.2ClH.Zr/c1-21(13-5-14-21)19-9-3-7-17(19)11-12-18-8-4-10-20(18)22(2)15-6-16-22;;;/h9-10H,3-6,11-16H2,1-2H3;2*1H;/q;;;+2/p-2. The van der Waals surface area contributed by atoms with Gasteiger partial charge in [0.1, 0.15) is 0 Å². The van der Waals surface area contributed by atoms with Gasteiger partial charge in [-0.15, -0.1) is 0 Å². The monoisotopic (exact) mass is 484 g/mol. The third-order valence-electron chi connectivity index (χ3n) is 7.54. The third-order valence-corrected chi connectivity index (χ3v) is 21.0. The molecule has 0 bridgehead atoms. The number of halogens is 2. The van der Waals surface area contributed by atoms with E-state index in [-0.39, 0.29) is 24.8 Å². The van der Waals surface area contributed by atoms with Gasteiger partial charge in [-0.3, -0.25) is 0 Å². The summed E-state index contributed by atoms with van der Waals surface area (Å²) in [7, 11) is -1.95. The van der Waals surface area contributed by atoms with Crippen LogP contribution in [0.3, 0.4) is 0 Å². The Morgan fingerprint density at radius 2 is 1.12 bits per heavy atom. The smallest absolute Gasteiger partial charge is 1.00 e. The van der Waals surface area contributed by atoms with Crippen molar-refractivity contribution in [3.63, 3.8) is 0 Å². The second-order valence-corrected chi connectivity index (χ2v) is 21.9. The molecule has 0 amide bonds. The number of allylic oxidation sites excluding steroid dienone is 8. The Morgan fingerprint density at radius 3 is 1.44 bits per heavy atom. The van der Waals surface area contributed by atoms with Crippen LogP contribution in [-0.4, -0.2) is 16.1 Å². The molecule has 3 heterocycles. The molecule has 5 rings (SSSR count). The van der Waals surface area contributed by atoms with Gasteiger partial charge in [0.25, 0.3) is 0 Å². The molecular formula is C20H28Cl2Si2Zr. The van der Waals surface area contributed by atoms with E-state index in [0.29, 0.717) is 0 Å². The minimum atomic E-state index is -0.974. The first-order chi connectivity index (χ1) is 11.1. The quantitative estimate of drug-likeness (QED) is 0.485. The molecule has 25 heavy (non-hydrogen) atoms. The molecule has 0 nitrogen and oxygen atoms in total. The minimum Gasteiger partial charge on any atom is -1.00 e. The average molecular weight is 487 g/mol. The summed E-state index contributed by atoms with van der Waals surface area (Å²) in [5.41, 5.74) is 3.89. The third kappa shape index (κ3) is 3.18. The molecule has 0 N–H and O–H groups in total. The van der Waals surface area contributed by atoms with Gasteiger partial charge in [-0.1, -0.05) is 0 Å². The van der Waals surface area contributed by atoms with Crippen LogP contribution in [-0.2, 0) is 23.2 Å². The topological polar surface area (TPSA) is 0 Å². The maximum absolute atomic E-state index is 2.72. The fourth-order valence-corrected chi connectivity index (χ4v) is 17.3.